The lowest BCUT2D eigenvalue weighted by Crippen LogP contribution is -2.40. The predicted molar refractivity (Wildman–Crippen MR) is 88.8 cm³/mol. The zero-order chi connectivity index (χ0) is 16.7. The van der Waals surface area contributed by atoms with Gasteiger partial charge in [0.2, 0.25) is 0 Å². The second kappa shape index (κ2) is 6.03. The zero-order valence-electron chi connectivity index (χ0n) is 13.5. The molecule has 0 radical (unpaired) electrons. The summed E-state index contributed by atoms with van der Waals surface area (Å²) in [5.41, 5.74) is 1.88. The summed E-state index contributed by atoms with van der Waals surface area (Å²) >= 11 is 6.21. The van der Waals surface area contributed by atoms with Gasteiger partial charge in [-0.1, -0.05) is 25.4 Å². The Morgan fingerprint density at radius 3 is 2.87 bits per heavy atom. The topological polar surface area (TPSA) is 68.8 Å². The SMILES string of the molecule is Cc1c(/N=C2\OC(C(C)C)[C@@H]3C(O)CCN23)ccc(C#N)c1Cl. The van der Waals surface area contributed by atoms with Crippen LogP contribution in [0.4, 0.5) is 5.69 Å². The third-order valence-corrected chi connectivity index (χ3v) is 5.08. The Balaban J connectivity index is 1.98. The van der Waals surface area contributed by atoms with E-state index < -0.39 is 0 Å². The normalized spacial score (nSPS) is 28.1. The summed E-state index contributed by atoms with van der Waals surface area (Å²) < 4.78 is 6.02. The van der Waals surface area contributed by atoms with Crippen molar-refractivity contribution < 1.29 is 9.84 Å². The maximum Gasteiger partial charge on any atom is 0.293 e. The minimum Gasteiger partial charge on any atom is -0.459 e. The first-order chi connectivity index (χ1) is 10.9. The smallest absolute Gasteiger partial charge is 0.293 e. The van der Waals surface area contributed by atoms with Crippen molar-refractivity contribution in [1.29, 1.82) is 5.26 Å². The quantitative estimate of drug-likeness (QED) is 0.903. The average molecular weight is 334 g/mol. The fraction of sp³-hybridized carbons (Fsp3) is 0.529. The van der Waals surface area contributed by atoms with E-state index in [0.29, 0.717) is 22.3 Å². The highest BCUT2D eigenvalue weighted by molar-refractivity contribution is 6.32. The Kier molecular flexibility index (Phi) is 4.22. The van der Waals surface area contributed by atoms with Gasteiger partial charge in [0.25, 0.3) is 6.02 Å². The van der Waals surface area contributed by atoms with Gasteiger partial charge in [0.15, 0.2) is 0 Å². The van der Waals surface area contributed by atoms with Gasteiger partial charge in [-0.05, 0) is 37.0 Å². The first-order valence-corrected chi connectivity index (χ1v) is 8.21. The molecule has 0 aromatic heterocycles. The van der Waals surface area contributed by atoms with Crippen molar-refractivity contribution in [2.24, 2.45) is 10.9 Å². The van der Waals surface area contributed by atoms with Gasteiger partial charge in [-0.15, -0.1) is 0 Å². The van der Waals surface area contributed by atoms with E-state index in [1.165, 1.54) is 0 Å². The Morgan fingerprint density at radius 1 is 1.48 bits per heavy atom. The van der Waals surface area contributed by atoms with Crippen LogP contribution < -0.4 is 0 Å². The number of fused-ring (bicyclic) bond motifs is 1. The van der Waals surface area contributed by atoms with Gasteiger partial charge in [-0.2, -0.15) is 10.3 Å². The number of aliphatic imine (C=N–C) groups is 1. The van der Waals surface area contributed by atoms with Crippen LogP contribution in [0.1, 0.15) is 31.4 Å². The highest BCUT2D eigenvalue weighted by Gasteiger charge is 2.49. The van der Waals surface area contributed by atoms with Crippen molar-refractivity contribution in [1.82, 2.24) is 4.90 Å². The molecule has 0 saturated carbocycles. The lowest BCUT2D eigenvalue weighted by Gasteiger charge is -2.22. The van der Waals surface area contributed by atoms with Gasteiger partial charge in [0, 0.05) is 6.54 Å². The molecule has 5 nitrogen and oxygen atoms in total. The van der Waals surface area contributed by atoms with Crippen molar-refractivity contribution in [3.63, 3.8) is 0 Å². The summed E-state index contributed by atoms with van der Waals surface area (Å²) in [5.74, 6) is 0.286. The van der Waals surface area contributed by atoms with Crippen molar-refractivity contribution in [3.05, 3.63) is 28.3 Å². The molecule has 2 aliphatic heterocycles. The van der Waals surface area contributed by atoms with Gasteiger partial charge in [-0.3, -0.25) is 0 Å². The highest BCUT2D eigenvalue weighted by atomic mass is 35.5. The second-order valence-electron chi connectivity index (χ2n) is 6.44. The fourth-order valence-electron chi connectivity index (χ4n) is 3.28. The lowest BCUT2D eigenvalue weighted by molar-refractivity contribution is 0.0672. The van der Waals surface area contributed by atoms with Crippen LogP contribution in [0.2, 0.25) is 5.02 Å². The number of benzene rings is 1. The molecule has 1 aromatic carbocycles. The number of nitrogens with zero attached hydrogens (tertiary/aromatic N) is 3. The number of amidine groups is 1. The van der Waals surface area contributed by atoms with Gasteiger partial charge >= 0.3 is 0 Å². The molecule has 0 amide bonds. The summed E-state index contributed by atoms with van der Waals surface area (Å²) in [6, 6.07) is 6.01. The Hall–Kier alpha value is -1.77. The van der Waals surface area contributed by atoms with Crippen molar-refractivity contribution in [2.75, 3.05) is 6.54 Å². The molecule has 122 valence electrons. The molecule has 2 unspecified atom stereocenters. The molecule has 2 fully saturated rings. The van der Waals surface area contributed by atoms with Crippen LogP contribution in [-0.4, -0.2) is 40.8 Å². The van der Waals surface area contributed by atoms with Crippen LogP contribution in [0.5, 0.6) is 0 Å². The van der Waals surface area contributed by atoms with E-state index in [4.69, 9.17) is 21.6 Å². The number of nitriles is 1. The third kappa shape index (κ3) is 2.66. The minimum atomic E-state index is -0.388. The maximum atomic E-state index is 10.2. The van der Waals surface area contributed by atoms with Gasteiger partial charge in [-0.25, -0.2) is 0 Å². The minimum absolute atomic E-state index is 0.0390. The highest BCUT2D eigenvalue weighted by Crippen LogP contribution is 2.36. The Labute approximate surface area is 141 Å². The Morgan fingerprint density at radius 2 is 2.22 bits per heavy atom. The zero-order valence-corrected chi connectivity index (χ0v) is 14.2. The summed E-state index contributed by atoms with van der Waals surface area (Å²) in [5, 5.41) is 19.7. The fourth-order valence-corrected chi connectivity index (χ4v) is 3.49. The summed E-state index contributed by atoms with van der Waals surface area (Å²) in [6.07, 6.45) is 0.268. The van der Waals surface area contributed by atoms with E-state index in [1.807, 2.05) is 11.8 Å². The number of hydrogen-bond donors (Lipinski definition) is 1. The molecule has 0 spiro atoms. The molecule has 2 heterocycles. The van der Waals surface area contributed by atoms with E-state index in [0.717, 1.165) is 18.5 Å². The van der Waals surface area contributed by atoms with Gasteiger partial charge in [0.1, 0.15) is 12.2 Å². The van der Waals surface area contributed by atoms with Gasteiger partial charge < -0.3 is 14.7 Å². The average Bonchev–Trinajstić information content (AvgIpc) is 3.06. The lowest BCUT2D eigenvalue weighted by atomic mass is 9.97. The maximum absolute atomic E-state index is 10.2. The van der Waals surface area contributed by atoms with Crippen LogP contribution in [0, 0.1) is 24.2 Å². The van der Waals surface area contributed by atoms with Crippen LogP contribution >= 0.6 is 11.6 Å². The summed E-state index contributed by atoms with van der Waals surface area (Å²) in [6.45, 7) is 6.74. The molecule has 6 heteroatoms. The summed E-state index contributed by atoms with van der Waals surface area (Å²) in [7, 11) is 0. The Bertz CT molecular complexity index is 696. The molecule has 1 N–H and O–H groups in total. The van der Waals surface area contributed by atoms with Crippen LogP contribution in [0.15, 0.2) is 17.1 Å². The molecule has 23 heavy (non-hydrogen) atoms. The number of hydrogen-bond acceptors (Lipinski definition) is 4. The second-order valence-corrected chi connectivity index (χ2v) is 6.82. The molecular weight excluding hydrogens is 314 g/mol. The molecule has 2 aliphatic rings. The van der Waals surface area contributed by atoms with E-state index in [2.05, 4.69) is 24.9 Å². The third-order valence-electron chi connectivity index (χ3n) is 4.60. The van der Waals surface area contributed by atoms with Gasteiger partial charge in [0.05, 0.1) is 28.4 Å². The number of halogens is 1. The van der Waals surface area contributed by atoms with Crippen molar-refractivity contribution in [3.8, 4) is 6.07 Å². The van der Waals surface area contributed by atoms with Crippen LogP contribution in [-0.2, 0) is 4.74 Å². The van der Waals surface area contributed by atoms with Crippen LogP contribution in [0.25, 0.3) is 0 Å². The van der Waals surface area contributed by atoms with E-state index in [-0.39, 0.29) is 24.2 Å². The first-order valence-electron chi connectivity index (χ1n) is 7.83. The number of ether oxygens (including phenoxy) is 1. The standard InChI is InChI=1S/C17H20ClN3O2/c1-9(2)16-15-13(22)6-7-21(15)17(23-16)20-12-5-4-11(8-19)14(18)10(12)3/h4-5,9,13,15-16,22H,6-7H2,1-3H3/b20-17-/t13?,15-,16?/m0/s1. The molecule has 0 bridgehead atoms. The monoisotopic (exact) mass is 333 g/mol. The van der Waals surface area contributed by atoms with Crippen LogP contribution in [0.3, 0.4) is 0 Å². The van der Waals surface area contributed by atoms with Crippen molar-refractivity contribution in [2.45, 2.75) is 45.4 Å². The first kappa shape index (κ1) is 16.1. The number of aliphatic hydroxyl groups is 1. The molecule has 2 saturated heterocycles. The molecule has 1 aromatic rings. The molecular formula is C17H20ClN3O2. The van der Waals surface area contributed by atoms with E-state index in [1.54, 1.807) is 12.1 Å². The van der Waals surface area contributed by atoms with Crippen molar-refractivity contribution >= 4 is 23.3 Å². The predicted octanol–water partition coefficient (Wildman–Crippen LogP) is 3.00. The molecule has 0 aliphatic carbocycles. The molecule has 3 rings (SSSR count). The molecule has 3 atom stereocenters. The largest absolute Gasteiger partial charge is 0.459 e. The number of aliphatic hydroxyl groups excluding tert-OH is 1. The number of rotatable bonds is 2. The summed E-state index contributed by atoms with van der Waals surface area (Å²) in [4.78, 5) is 6.66. The van der Waals surface area contributed by atoms with E-state index in [9.17, 15) is 5.11 Å². The van der Waals surface area contributed by atoms with E-state index >= 15 is 0 Å².